The van der Waals surface area contributed by atoms with Gasteiger partial charge in [-0.3, -0.25) is 0 Å². The van der Waals surface area contributed by atoms with Crippen molar-refractivity contribution in [2.24, 2.45) is 0 Å². The van der Waals surface area contributed by atoms with E-state index in [9.17, 15) is 26.3 Å². The van der Waals surface area contributed by atoms with Crippen LogP contribution in [0.3, 0.4) is 0 Å². The van der Waals surface area contributed by atoms with Crippen molar-refractivity contribution >= 4 is 23.3 Å². The van der Waals surface area contributed by atoms with E-state index in [0.717, 1.165) is 74.4 Å². The molecule has 8 aromatic rings. The van der Waals surface area contributed by atoms with Crippen LogP contribution in [0.4, 0.5) is 49.6 Å². The molecule has 2 aliphatic rings. The Morgan fingerprint density at radius 3 is 1.34 bits per heavy atom. The highest BCUT2D eigenvalue weighted by Gasteiger charge is 2.27. The third kappa shape index (κ3) is 11.1. The zero-order chi connectivity index (χ0) is 48.7. The highest BCUT2D eigenvalue weighted by atomic mass is 19.3. The molecule has 0 bridgehead atoms. The first-order chi connectivity index (χ1) is 33.9. The second kappa shape index (κ2) is 21.2. The van der Waals surface area contributed by atoms with Gasteiger partial charge >= 0.3 is 0 Å². The Kier molecular flexibility index (Phi) is 14.4. The molecular formula is C48H48F6N14O2. The van der Waals surface area contributed by atoms with Crippen LogP contribution in [-0.4, -0.2) is 85.1 Å². The van der Waals surface area contributed by atoms with Gasteiger partial charge in [0, 0.05) is 36.3 Å². The van der Waals surface area contributed by atoms with Crippen LogP contribution in [0.1, 0.15) is 84.8 Å². The molecular weight excluding hydrogens is 919 g/mol. The Morgan fingerprint density at radius 1 is 0.571 bits per heavy atom. The lowest BCUT2D eigenvalue weighted by Crippen LogP contribution is -2.09. The van der Waals surface area contributed by atoms with Crippen molar-refractivity contribution in [1.82, 2.24) is 59.1 Å². The first kappa shape index (κ1) is 47.3. The summed E-state index contributed by atoms with van der Waals surface area (Å²) in [6.07, 6.45) is 3.44. The molecule has 10 rings (SSSR count). The number of hydrogen-bond donors (Lipinski definition) is 2. The predicted octanol–water partition coefficient (Wildman–Crippen LogP) is 10.0. The number of aryl methyl sites for hydroxylation is 4. The molecule has 2 aliphatic heterocycles. The summed E-state index contributed by atoms with van der Waals surface area (Å²) >= 11 is 0. The maximum Gasteiger partial charge on any atom is 0.272 e. The number of nitrogens with one attached hydrogen (secondary N) is 2. The number of nitrogens with zero attached hydrogens (tertiary/aromatic N) is 12. The van der Waals surface area contributed by atoms with Crippen LogP contribution in [0, 0.1) is 25.5 Å². The zero-order valence-corrected chi connectivity index (χ0v) is 38.1. The number of hydrogen-bond acceptors (Lipinski definition) is 12. The maximum atomic E-state index is 14.8. The summed E-state index contributed by atoms with van der Waals surface area (Å²) in [5, 5.41) is 23.5. The van der Waals surface area contributed by atoms with Gasteiger partial charge in [-0.25, -0.2) is 55.0 Å². The van der Waals surface area contributed by atoms with Crippen LogP contribution in [0.15, 0.2) is 97.6 Å². The minimum absolute atomic E-state index is 0.000832. The fraction of sp³-hybridized carbons (Fsp3) is 0.333. The van der Waals surface area contributed by atoms with Gasteiger partial charge in [-0.05, 0) is 111 Å². The Labute approximate surface area is 397 Å². The van der Waals surface area contributed by atoms with Crippen molar-refractivity contribution in [3.63, 3.8) is 0 Å². The summed E-state index contributed by atoms with van der Waals surface area (Å²) in [4.78, 5) is 17.5. The Morgan fingerprint density at radius 2 is 0.986 bits per heavy atom. The average Bonchev–Trinajstić information content (AvgIpc) is 4.11. The van der Waals surface area contributed by atoms with Gasteiger partial charge in [0.1, 0.15) is 72.0 Å². The van der Waals surface area contributed by atoms with Crippen LogP contribution < -0.4 is 20.1 Å². The maximum absolute atomic E-state index is 14.8. The molecule has 6 heterocycles. The van der Waals surface area contributed by atoms with Crippen molar-refractivity contribution in [3.05, 3.63) is 144 Å². The number of anilines is 4. The van der Waals surface area contributed by atoms with E-state index < -0.39 is 37.7 Å². The van der Waals surface area contributed by atoms with Crippen molar-refractivity contribution in [2.75, 3.05) is 23.8 Å². The van der Waals surface area contributed by atoms with E-state index in [1.54, 1.807) is 62.4 Å². The molecule has 364 valence electrons. The second-order valence-electron chi connectivity index (χ2n) is 16.7. The third-order valence-electron chi connectivity index (χ3n) is 11.9. The molecule has 4 aromatic heterocycles. The highest BCUT2D eigenvalue weighted by molar-refractivity contribution is 5.57. The number of fused-ring (bicyclic) bond motifs is 2. The second-order valence-corrected chi connectivity index (χ2v) is 16.7. The Hall–Kier alpha value is -7.78. The number of halogens is 6. The van der Waals surface area contributed by atoms with Crippen molar-refractivity contribution in [2.45, 2.75) is 90.1 Å². The van der Waals surface area contributed by atoms with Crippen molar-refractivity contribution < 1.29 is 35.8 Å². The molecule has 16 nitrogen and oxygen atoms in total. The molecule has 0 unspecified atom stereocenters. The Bertz CT molecular complexity index is 2810. The quantitative estimate of drug-likeness (QED) is 0.0993. The number of aromatic nitrogens is 12. The summed E-state index contributed by atoms with van der Waals surface area (Å²) in [6, 6.07) is 23.8. The number of alkyl halides is 4. The van der Waals surface area contributed by atoms with Gasteiger partial charge in [0.15, 0.2) is 11.6 Å². The SMILES string of the molecule is Cc1ncnn1-c1ccc(Nc2nc3n(n2)CCCC[C@@H]3c2ccc(OCC(F)F)cc2)cc1F.Cc1ncnn1-c1ccc(Nc2nc3n(n2)CCCC[C@H]3c2ccc(OCC(F)F)cc2)cc1F. The van der Waals surface area contributed by atoms with Gasteiger partial charge in [0.05, 0.1) is 0 Å². The monoisotopic (exact) mass is 966 g/mol. The molecule has 2 atom stereocenters. The van der Waals surface area contributed by atoms with Gasteiger partial charge in [0.2, 0.25) is 11.9 Å². The van der Waals surface area contributed by atoms with E-state index in [1.165, 1.54) is 34.2 Å². The fourth-order valence-electron chi connectivity index (χ4n) is 8.52. The average molecular weight is 967 g/mol. The largest absolute Gasteiger partial charge is 0.488 e. The van der Waals surface area contributed by atoms with E-state index >= 15 is 0 Å². The molecule has 0 saturated carbocycles. The van der Waals surface area contributed by atoms with Crippen LogP contribution in [0.5, 0.6) is 11.5 Å². The fourth-order valence-corrected chi connectivity index (χ4v) is 8.52. The molecule has 2 N–H and O–H groups in total. The van der Waals surface area contributed by atoms with Crippen molar-refractivity contribution in [3.8, 4) is 22.9 Å². The van der Waals surface area contributed by atoms with Crippen LogP contribution >= 0.6 is 0 Å². The lowest BCUT2D eigenvalue weighted by molar-refractivity contribution is 0.0817. The van der Waals surface area contributed by atoms with Gasteiger partial charge in [0.25, 0.3) is 12.9 Å². The molecule has 70 heavy (non-hydrogen) atoms. The smallest absolute Gasteiger partial charge is 0.272 e. The molecule has 4 aromatic carbocycles. The van der Waals surface area contributed by atoms with E-state index in [0.29, 0.717) is 57.8 Å². The van der Waals surface area contributed by atoms with Gasteiger partial charge in [-0.1, -0.05) is 37.1 Å². The lowest BCUT2D eigenvalue weighted by Gasteiger charge is -2.15. The normalized spacial score (nSPS) is 15.6. The van der Waals surface area contributed by atoms with E-state index in [1.807, 2.05) is 33.6 Å². The minimum atomic E-state index is -2.52. The highest BCUT2D eigenvalue weighted by Crippen LogP contribution is 2.35. The third-order valence-corrected chi connectivity index (χ3v) is 11.9. The van der Waals surface area contributed by atoms with Gasteiger partial charge < -0.3 is 20.1 Å². The minimum Gasteiger partial charge on any atom is -0.488 e. The molecule has 0 radical (unpaired) electrons. The Balaban J connectivity index is 0.000000174. The zero-order valence-electron chi connectivity index (χ0n) is 38.1. The predicted molar refractivity (Wildman–Crippen MR) is 246 cm³/mol. The number of rotatable bonds is 14. The first-order valence-electron chi connectivity index (χ1n) is 22.7. The van der Waals surface area contributed by atoms with E-state index in [-0.39, 0.29) is 11.8 Å². The molecule has 0 saturated heterocycles. The molecule has 0 fully saturated rings. The number of ether oxygens (including phenoxy) is 2. The summed E-state index contributed by atoms with van der Waals surface area (Å²) in [6.45, 7) is 3.70. The number of benzene rings is 4. The van der Waals surface area contributed by atoms with Gasteiger partial charge in [-0.15, -0.1) is 10.2 Å². The summed E-state index contributed by atoms with van der Waals surface area (Å²) in [5.74, 6) is 3.46. The van der Waals surface area contributed by atoms with E-state index in [4.69, 9.17) is 19.4 Å². The summed E-state index contributed by atoms with van der Waals surface area (Å²) in [7, 11) is 0. The topological polar surface area (TPSA) is 165 Å². The molecule has 22 heteroatoms. The summed E-state index contributed by atoms with van der Waals surface area (Å²) < 4.78 is 96.0. The summed E-state index contributed by atoms with van der Waals surface area (Å²) in [5.41, 5.74) is 3.66. The van der Waals surface area contributed by atoms with Crippen LogP contribution in [0.25, 0.3) is 11.4 Å². The van der Waals surface area contributed by atoms with Crippen LogP contribution in [0.2, 0.25) is 0 Å². The first-order valence-corrected chi connectivity index (χ1v) is 22.7. The molecule has 0 spiro atoms. The van der Waals surface area contributed by atoms with Gasteiger partial charge in [-0.2, -0.15) is 20.2 Å². The van der Waals surface area contributed by atoms with Crippen LogP contribution in [-0.2, 0) is 13.1 Å². The standard InChI is InChI=1S/2C24H24F3N7O/c2*1-15-28-14-29-34(15)21-10-7-17(12-20(21)25)30-24-31-23-19(4-2-3-11-33(23)32-24)16-5-8-18(9-6-16)35-13-22(26)27/h2*5-10,12,14,19,22H,2-4,11,13H2,1H3,(H,30,32)/t2*19-/m10/s1. The molecule has 0 aliphatic carbocycles. The lowest BCUT2D eigenvalue weighted by atomic mass is 9.93. The van der Waals surface area contributed by atoms with E-state index in [2.05, 4.69) is 41.0 Å². The van der Waals surface area contributed by atoms with Crippen molar-refractivity contribution in [1.29, 1.82) is 0 Å². The molecule has 0 amide bonds.